The van der Waals surface area contributed by atoms with E-state index in [1.807, 2.05) is 0 Å². The molecular formula is C12H9BrFNOS. The molecule has 1 N–H and O–H groups in total. The van der Waals surface area contributed by atoms with Crippen molar-refractivity contribution in [2.45, 2.75) is 6.92 Å². The third-order valence-electron chi connectivity index (χ3n) is 2.20. The van der Waals surface area contributed by atoms with E-state index in [1.165, 1.54) is 17.4 Å². The summed E-state index contributed by atoms with van der Waals surface area (Å²) in [6, 6.07) is 6.40. The van der Waals surface area contributed by atoms with Gasteiger partial charge in [0, 0.05) is 5.38 Å². The van der Waals surface area contributed by atoms with Gasteiger partial charge in [-0.15, -0.1) is 11.3 Å². The SMILES string of the molecule is Cc1ccc(NC(=O)c2csc(Br)c2)c(F)c1. The zero-order chi connectivity index (χ0) is 12.4. The molecule has 1 amide bonds. The number of halogens is 2. The van der Waals surface area contributed by atoms with Crippen LogP contribution < -0.4 is 5.32 Å². The van der Waals surface area contributed by atoms with Gasteiger partial charge in [0.2, 0.25) is 0 Å². The molecule has 0 spiro atoms. The highest BCUT2D eigenvalue weighted by Crippen LogP contribution is 2.22. The number of thiophene rings is 1. The number of aryl methyl sites for hydroxylation is 1. The van der Waals surface area contributed by atoms with Crippen LogP contribution in [0.4, 0.5) is 10.1 Å². The van der Waals surface area contributed by atoms with Crippen molar-refractivity contribution in [1.82, 2.24) is 0 Å². The van der Waals surface area contributed by atoms with Crippen molar-refractivity contribution in [1.29, 1.82) is 0 Å². The van der Waals surface area contributed by atoms with E-state index in [1.54, 1.807) is 30.5 Å². The first-order valence-corrected chi connectivity index (χ1v) is 6.55. The van der Waals surface area contributed by atoms with Crippen LogP contribution in [0.25, 0.3) is 0 Å². The highest BCUT2D eigenvalue weighted by Gasteiger charge is 2.10. The Kier molecular flexibility index (Phi) is 3.59. The van der Waals surface area contributed by atoms with Crippen LogP contribution in [-0.2, 0) is 0 Å². The monoisotopic (exact) mass is 313 g/mol. The molecule has 0 atom stereocenters. The minimum absolute atomic E-state index is 0.197. The average molecular weight is 314 g/mol. The largest absolute Gasteiger partial charge is 0.319 e. The molecule has 0 aliphatic rings. The zero-order valence-electron chi connectivity index (χ0n) is 8.96. The molecule has 5 heteroatoms. The molecule has 1 aromatic carbocycles. The van der Waals surface area contributed by atoms with E-state index in [2.05, 4.69) is 21.2 Å². The molecule has 0 fully saturated rings. The maximum absolute atomic E-state index is 13.5. The van der Waals surface area contributed by atoms with Crippen molar-refractivity contribution >= 4 is 38.9 Å². The second-order valence-electron chi connectivity index (χ2n) is 3.58. The summed E-state index contributed by atoms with van der Waals surface area (Å²) in [7, 11) is 0. The minimum atomic E-state index is -0.423. The predicted molar refractivity (Wildman–Crippen MR) is 71.1 cm³/mol. The van der Waals surface area contributed by atoms with Crippen molar-refractivity contribution in [2.24, 2.45) is 0 Å². The fourth-order valence-electron chi connectivity index (χ4n) is 1.35. The van der Waals surface area contributed by atoms with Crippen LogP contribution >= 0.6 is 27.3 Å². The number of anilines is 1. The minimum Gasteiger partial charge on any atom is -0.319 e. The Morgan fingerprint density at radius 1 is 1.41 bits per heavy atom. The van der Waals surface area contributed by atoms with Gasteiger partial charge in [0.1, 0.15) is 5.82 Å². The summed E-state index contributed by atoms with van der Waals surface area (Å²) in [5.41, 5.74) is 1.53. The zero-order valence-corrected chi connectivity index (χ0v) is 11.4. The first-order valence-electron chi connectivity index (χ1n) is 4.88. The van der Waals surface area contributed by atoms with Gasteiger partial charge in [-0.1, -0.05) is 6.07 Å². The lowest BCUT2D eigenvalue weighted by molar-refractivity contribution is 0.102. The van der Waals surface area contributed by atoms with E-state index >= 15 is 0 Å². The molecule has 0 bridgehead atoms. The number of rotatable bonds is 2. The molecule has 0 aliphatic heterocycles. The molecule has 17 heavy (non-hydrogen) atoms. The highest BCUT2D eigenvalue weighted by molar-refractivity contribution is 9.11. The number of hydrogen-bond donors (Lipinski definition) is 1. The maximum atomic E-state index is 13.5. The van der Waals surface area contributed by atoms with E-state index in [-0.39, 0.29) is 11.6 Å². The highest BCUT2D eigenvalue weighted by atomic mass is 79.9. The van der Waals surface area contributed by atoms with Gasteiger partial charge < -0.3 is 5.32 Å². The summed E-state index contributed by atoms with van der Waals surface area (Å²) in [6.45, 7) is 1.80. The van der Waals surface area contributed by atoms with E-state index in [0.29, 0.717) is 5.56 Å². The summed E-state index contributed by atoms with van der Waals surface area (Å²) >= 11 is 4.69. The third-order valence-corrected chi connectivity index (χ3v) is 3.71. The Hall–Kier alpha value is -1.20. The fourth-order valence-corrected chi connectivity index (χ4v) is 2.48. The van der Waals surface area contributed by atoms with Crippen LogP contribution in [-0.4, -0.2) is 5.91 Å². The van der Waals surface area contributed by atoms with E-state index in [4.69, 9.17) is 0 Å². The Morgan fingerprint density at radius 2 is 2.18 bits per heavy atom. The first kappa shape index (κ1) is 12.3. The Labute approximate surface area is 111 Å². The Balaban J connectivity index is 2.18. The van der Waals surface area contributed by atoms with Crippen LogP contribution in [0.15, 0.2) is 33.4 Å². The van der Waals surface area contributed by atoms with Gasteiger partial charge in [0.15, 0.2) is 0 Å². The lowest BCUT2D eigenvalue weighted by atomic mass is 10.2. The molecule has 0 unspecified atom stereocenters. The van der Waals surface area contributed by atoms with Gasteiger partial charge in [-0.2, -0.15) is 0 Å². The first-order chi connectivity index (χ1) is 8.06. The lowest BCUT2D eigenvalue weighted by Crippen LogP contribution is -2.12. The summed E-state index contributed by atoms with van der Waals surface area (Å²) < 4.78 is 14.4. The number of carbonyl (C=O) groups is 1. The molecule has 2 aromatic rings. The number of benzene rings is 1. The Bertz CT molecular complexity index is 567. The van der Waals surface area contributed by atoms with Gasteiger partial charge >= 0.3 is 0 Å². The predicted octanol–water partition coefficient (Wildman–Crippen LogP) is 4.21. The third kappa shape index (κ3) is 2.92. The second-order valence-corrected chi connectivity index (χ2v) is 5.87. The van der Waals surface area contributed by atoms with Gasteiger partial charge in [0.25, 0.3) is 5.91 Å². The van der Waals surface area contributed by atoms with Gasteiger partial charge in [-0.25, -0.2) is 4.39 Å². The summed E-state index contributed by atoms with van der Waals surface area (Å²) in [6.07, 6.45) is 0. The van der Waals surface area contributed by atoms with E-state index in [0.717, 1.165) is 9.35 Å². The fraction of sp³-hybridized carbons (Fsp3) is 0.0833. The molecule has 1 aromatic heterocycles. The van der Waals surface area contributed by atoms with Gasteiger partial charge in [-0.05, 0) is 46.6 Å². The quantitative estimate of drug-likeness (QED) is 0.884. The average Bonchev–Trinajstić information content (AvgIpc) is 2.69. The maximum Gasteiger partial charge on any atom is 0.256 e. The number of nitrogens with one attached hydrogen (secondary N) is 1. The van der Waals surface area contributed by atoms with Crippen molar-refractivity contribution in [3.63, 3.8) is 0 Å². The Morgan fingerprint density at radius 3 is 2.76 bits per heavy atom. The molecule has 2 nitrogen and oxygen atoms in total. The van der Waals surface area contributed by atoms with Gasteiger partial charge in [-0.3, -0.25) is 4.79 Å². The van der Waals surface area contributed by atoms with Crippen LogP contribution in [0.2, 0.25) is 0 Å². The molecule has 0 saturated carbocycles. The number of amides is 1. The standard InChI is InChI=1S/C12H9BrFNOS/c1-7-2-3-10(9(14)4-7)15-12(16)8-5-11(13)17-6-8/h2-6H,1H3,(H,15,16). The van der Waals surface area contributed by atoms with Crippen LogP contribution in [0.1, 0.15) is 15.9 Å². The van der Waals surface area contributed by atoms with Crippen molar-refractivity contribution in [2.75, 3.05) is 5.32 Å². The normalized spacial score (nSPS) is 10.3. The molecular weight excluding hydrogens is 305 g/mol. The topological polar surface area (TPSA) is 29.1 Å². The molecule has 0 aliphatic carbocycles. The number of hydrogen-bond acceptors (Lipinski definition) is 2. The van der Waals surface area contributed by atoms with Crippen LogP contribution in [0, 0.1) is 12.7 Å². The lowest BCUT2D eigenvalue weighted by Gasteiger charge is -2.05. The van der Waals surface area contributed by atoms with Crippen molar-refractivity contribution in [3.8, 4) is 0 Å². The van der Waals surface area contributed by atoms with Crippen molar-refractivity contribution in [3.05, 3.63) is 50.4 Å². The summed E-state index contributed by atoms with van der Waals surface area (Å²) in [5, 5.41) is 4.25. The molecule has 1 heterocycles. The van der Waals surface area contributed by atoms with E-state index in [9.17, 15) is 9.18 Å². The molecule has 88 valence electrons. The smallest absolute Gasteiger partial charge is 0.256 e. The molecule has 0 radical (unpaired) electrons. The molecule has 2 rings (SSSR count). The second kappa shape index (κ2) is 4.98. The van der Waals surface area contributed by atoms with E-state index < -0.39 is 5.82 Å². The summed E-state index contributed by atoms with van der Waals surface area (Å²) in [5.74, 6) is -0.734. The summed E-state index contributed by atoms with van der Waals surface area (Å²) in [4.78, 5) is 11.8. The van der Waals surface area contributed by atoms with Crippen LogP contribution in [0.5, 0.6) is 0 Å². The van der Waals surface area contributed by atoms with Crippen LogP contribution in [0.3, 0.4) is 0 Å². The number of carbonyl (C=O) groups excluding carboxylic acids is 1. The van der Waals surface area contributed by atoms with Crippen molar-refractivity contribution < 1.29 is 9.18 Å². The van der Waals surface area contributed by atoms with Gasteiger partial charge in [0.05, 0.1) is 15.0 Å². The molecule has 0 saturated heterocycles.